The van der Waals surface area contributed by atoms with Crippen molar-refractivity contribution in [2.75, 3.05) is 7.11 Å². The van der Waals surface area contributed by atoms with E-state index in [-0.39, 0.29) is 16.2 Å². The molecule has 0 fully saturated rings. The molecular weight excluding hydrogens is 456 g/mol. The number of carbonyl (C=O) groups excluding carboxylic acids is 2. The van der Waals surface area contributed by atoms with Crippen LogP contribution in [-0.2, 0) is 32.6 Å². The first-order chi connectivity index (χ1) is 16.2. The normalized spacial score (nSPS) is 12.0. The van der Waals surface area contributed by atoms with Crippen molar-refractivity contribution in [3.63, 3.8) is 0 Å². The highest BCUT2D eigenvalue weighted by Gasteiger charge is 2.27. The third-order valence-corrected chi connectivity index (χ3v) is 6.01. The minimum atomic E-state index is -4.05. The van der Waals surface area contributed by atoms with Crippen molar-refractivity contribution in [3.8, 4) is 5.75 Å². The first-order valence-electron chi connectivity index (χ1n) is 10.5. The highest BCUT2D eigenvalue weighted by molar-refractivity contribution is 7.89. The summed E-state index contributed by atoms with van der Waals surface area (Å²) in [4.78, 5) is 27.5. The van der Waals surface area contributed by atoms with Gasteiger partial charge in [-0.1, -0.05) is 60.7 Å². The molecule has 2 N–H and O–H groups in total. The van der Waals surface area contributed by atoms with Crippen LogP contribution < -0.4 is 9.88 Å². The van der Waals surface area contributed by atoms with Crippen LogP contribution in [0.15, 0.2) is 83.8 Å². The van der Waals surface area contributed by atoms with E-state index in [2.05, 4.69) is 0 Å². The van der Waals surface area contributed by atoms with Crippen molar-refractivity contribution >= 4 is 21.9 Å². The summed E-state index contributed by atoms with van der Waals surface area (Å²) in [5.74, 6) is -1.20. The predicted octanol–water partition coefficient (Wildman–Crippen LogP) is 3.12. The number of sulfonamides is 1. The van der Waals surface area contributed by atoms with Gasteiger partial charge >= 0.3 is 5.97 Å². The molecular formula is C25H26N2O6S. The van der Waals surface area contributed by atoms with Gasteiger partial charge in [-0.15, -0.1) is 0 Å². The van der Waals surface area contributed by atoms with E-state index in [9.17, 15) is 18.0 Å². The number of nitrogens with zero attached hydrogens (tertiary/aromatic N) is 1. The fraction of sp³-hybridized carbons (Fsp3) is 0.200. The Bertz CT molecular complexity index is 1210. The molecule has 0 saturated heterocycles. The summed E-state index contributed by atoms with van der Waals surface area (Å²) >= 11 is 0. The molecule has 0 saturated carbocycles. The molecule has 0 aliphatic carbocycles. The van der Waals surface area contributed by atoms with E-state index in [1.807, 2.05) is 60.7 Å². The molecule has 0 unspecified atom stereocenters. The summed E-state index contributed by atoms with van der Waals surface area (Å²) in [6, 6.07) is 22.5. The number of primary sulfonamides is 1. The molecule has 34 heavy (non-hydrogen) atoms. The number of benzene rings is 3. The van der Waals surface area contributed by atoms with Crippen LogP contribution in [0, 0.1) is 0 Å². The van der Waals surface area contributed by atoms with Crippen LogP contribution in [-0.4, -0.2) is 38.4 Å². The molecule has 0 aromatic heterocycles. The van der Waals surface area contributed by atoms with Crippen LogP contribution in [0.25, 0.3) is 0 Å². The number of amides is 1. The van der Waals surface area contributed by atoms with Crippen LogP contribution in [0.3, 0.4) is 0 Å². The third-order valence-electron chi connectivity index (χ3n) is 5.10. The van der Waals surface area contributed by atoms with Crippen molar-refractivity contribution in [2.45, 2.75) is 31.0 Å². The fourth-order valence-corrected chi connectivity index (χ4v) is 3.91. The lowest BCUT2D eigenvalue weighted by atomic mass is 10.1. The van der Waals surface area contributed by atoms with Gasteiger partial charge in [0, 0.05) is 13.1 Å². The SMILES string of the molecule is COc1ccc(S(N)(=O)=O)cc1C(=O)O[C@H](C)C(=O)N(Cc1ccccc1)Cc1ccccc1. The first kappa shape index (κ1) is 24.9. The minimum Gasteiger partial charge on any atom is -0.496 e. The van der Waals surface area contributed by atoms with Crippen molar-refractivity contribution in [1.29, 1.82) is 0 Å². The summed E-state index contributed by atoms with van der Waals surface area (Å²) in [6.07, 6.45) is -1.14. The zero-order valence-electron chi connectivity index (χ0n) is 18.9. The Labute approximate surface area is 199 Å². The number of ether oxygens (including phenoxy) is 2. The minimum absolute atomic E-state index is 0.0995. The van der Waals surface area contributed by atoms with Gasteiger partial charge in [-0.2, -0.15) is 0 Å². The van der Waals surface area contributed by atoms with Gasteiger partial charge < -0.3 is 14.4 Å². The average Bonchev–Trinajstić information content (AvgIpc) is 2.83. The zero-order chi connectivity index (χ0) is 24.7. The topological polar surface area (TPSA) is 116 Å². The standard InChI is InChI=1S/C25H26N2O6S/c1-18(33-25(29)22-15-21(34(26,30)31)13-14-23(22)32-2)24(28)27(16-19-9-5-3-6-10-19)17-20-11-7-4-8-12-20/h3-15,18H,16-17H2,1-2H3,(H2,26,30,31)/t18-/m1/s1. The molecule has 3 rings (SSSR count). The van der Waals surface area contributed by atoms with Gasteiger partial charge in [-0.3, -0.25) is 4.79 Å². The largest absolute Gasteiger partial charge is 0.496 e. The van der Waals surface area contributed by atoms with E-state index in [1.54, 1.807) is 4.90 Å². The molecule has 0 radical (unpaired) electrons. The average molecular weight is 483 g/mol. The Kier molecular flexibility index (Phi) is 8.04. The summed E-state index contributed by atoms with van der Waals surface area (Å²) in [5, 5.41) is 5.17. The van der Waals surface area contributed by atoms with Crippen molar-refractivity contribution < 1.29 is 27.5 Å². The summed E-state index contributed by atoms with van der Waals surface area (Å²) in [5.41, 5.74) is 1.70. The molecule has 9 heteroatoms. The maximum atomic E-state index is 13.3. The van der Waals surface area contributed by atoms with E-state index < -0.39 is 28.0 Å². The molecule has 0 heterocycles. The van der Waals surface area contributed by atoms with Gasteiger partial charge in [-0.25, -0.2) is 18.4 Å². The molecule has 1 atom stereocenters. The van der Waals surface area contributed by atoms with E-state index in [0.717, 1.165) is 17.2 Å². The Morgan fingerprint density at radius 1 is 0.912 bits per heavy atom. The van der Waals surface area contributed by atoms with Gasteiger partial charge in [0.15, 0.2) is 6.10 Å². The Morgan fingerprint density at radius 2 is 1.44 bits per heavy atom. The smallest absolute Gasteiger partial charge is 0.342 e. The van der Waals surface area contributed by atoms with Crippen LogP contribution >= 0.6 is 0 Å². The van der Waals surface area contributed by atoms with Crippen molar-refractivity contribution in [3.05, 3.63) is 95.6 Å². The summed E-state index contributed by atoms with van der Waals surface area (Å²) in [6.45, 7) is 2.11. The molecule has 0 spiro atoms. The second-order valence-corrected chi connectivity index (χ2v) is 9.18. The number of carbonyl (C=O) groups is 2. The Balaban J connectivity index is 1.82. The molecule has 3 aromatic carbocycles. The molecule has 0 aliphatic rings. The lowest BCUT2D eigenvalue weighted by Gasteiger charge is -2.26. The van der Waals surface area contributed by atoms with Gasteiger partial charge in [0.1, 0.15) is 11.3 Å². The molecule has 8 nitrogen and oxygen atoms in total. The second kappa shape index (κ2) is 11.0. The molecule has 0 aliphatic heterocycles. The summed E-state index contributed by atoms with van der Waals surface area (Å²) in [7, 11) is -2.72. The quantitative estimate of drug-likeness (QED) is 0.469. The first-order valence-corrected chi connectivity index (χ1v) is 12.0. The predicted molar refractivity (Wildman–Crippen MR) is 126 cm³/mol. The van der Waals surface area contributed by atoms with E-state index in [1.165, 1.54) is 26.2 Å². The zero-order valence-corrected chi connectivity index (χ0v) is 19.7. The lowest BCUT2D eigenvalue weighted by Crippen LogP contribution is -2.39. The van der Waals surface area contributed by atoms with Crippen LogP contribution in [0.2, 0.25) is 0 Å². The van der Waals surface area contributed by atoms with Gasteiger partial charge in [0.05, 0.1) is 12.0 Å². The molecule has 1 amide bonds. The molecule has 0 bridgehead atoms. The highest BCUT2D eigenvalue weighted by atomic mass is 32.2. The maximum absolute atomic E-state index is 13.3. The van der Waals surface area contributed by atoms with Crippen molar-refractivity contribution in [2.24, 2.45) is 5.14 Å². The highest BCUT2D eigenvalue weighted by Crippen LogP contribution is 2.24. The van der Waals surface area contributed by atoms with E-state index in [0.29, 0.717) is 13.1 Å². The molecule has 178 valence electrons. The van der Waals surface area contributed by atoms with Crippen molar-refractivity contribution in [1.82, 2.24) is 4.90 Å². The number of hydrogen-bond acceptors (Lipinski definition) is 6. The van der Waals surface area contributed by atoms with Gasteiger partial charge in [-0.05, 0) is 36.2 Å². The number of esters is 1. The van der Waals surface area contributed by atoms with E-state index in [4.69, 9.17) is 14.6 Å². The molecule has 3 aromatic rings. The van der Waals surface area contributed by atoms with Crippen LogP contribution in [0.4, 0.5) is 0 Å². The summed E-state index contributed by atoms with van der Waals surface area (Å²) < 4.78 is 34.0. The Morgan fingerprint density at radius 3 is 1.91 bits per heavy atom. The fourth-order valence-electron chi connectivity index (χ4n) is 3.37. The van der Waals surface area contributed by atoms with Gasteiger partial charge in [0.25, 0.3) is 5.91 Å². The third kappa shape index (κ3) is 6.43. The monoisotopic (exact) mass is 482 g/mol. The lowest BCUT2D eigenvalue weighted by molar-refractivity contribution is -0.141. The number of hydrogen-bond donors (Lipinski definition) is 1. The number of nitrogens with two attached hydrogens (primary N) is 1. The van der Waals surface area contributed by atoms with E-state index >= 15 is 0 Å². The van der Waals surface area contributed by atoms with Gasteiger partial charge in [0.2, 0.25) is 10.0 Å². The van der Waals surface area contributed by atoms with Crippen LogP contribution in [0.1, 0.15) is 28.4 Å². The second-order valence-electron chi connectivity index (χ2n) is 7.62. The maximum Gasteiger partial charge on any atom is 0.342 e. The number of methoxy groups -OCH3 is 1. The Hall–Kier alpha value is -3.69. The van der Waals surface area contributed by atoms with Crippen LogP contribution in [0.5, 0.6) is 5.75 Å². The number of rotatable bonds is 9.